The van der Waals surface area contributed by atoms with Gasteiger partial charge in [0.25, 0.3) is 10.1 Å². The number of nitrogens with one attached hydrogen (secondary N) is 1. The first-order chi connectivity index (χ1) is 26.3. The van der Waals surface area contributed by atoms with Gasteiger partial charge in [0.15, 0.2) is 0 Å². The van der Waals surface area contributed by atoms with Gasteiger partial charge >= 0.3 is 0 Å². The second-order valence-electron chi connectivity index (χ2n) is 15.3. The van der Waals surface area contributed by atoms with Crippen molar-refractivity contribution < 1.29 is 22.9 Å². The molecule has 0 saturated carbocycles. The maximum atomic E-state index is 12.6. The summed E-state index contributed by atoms with van der Waals surface area (Å²) in [6.45, 7) is 4.42. The van der Waals surface area contributed by atoms with Gasteiger partial charge in [-0.05, 0) is 57.8 Å². The van der Waals surface area contributed by atoms with Crippen LogP contribution in [0.1, 0.15) is 213 Å². The van der Waals surface area contributed by atoms with Crippen LogP contribution in [-0.4, -0.2) is 41.9 Å². The van der Waals surface area contributed by atoms with E-state index in [2.05, 4.69) is 67.8 Å². The first-order valence-corrected chi connectivity index (χ1v) is 24.1. The third-order valence-corrected chi connectivity index (χ3v) is 10.7. The molecule has 314 valence electrons. The van der Waals surface area contributed by atoms with Crippen molar-refractivity contribution in [2.24, 2.45) is 0 Å². The molecule has 3 N–H and O–H groups in total. The van der Waals surface area contributed by atoms with Gasteiger partial charge < -0.3 is 10.4 Å². The molecular weight excluding hydrogens is 691 g/mol. The molecule has 0 aliphatic carbocycles. The summed E-state index contributed by atoms with van der Waals surface area (Å²) in [5.41, 5.74) is 0. The lowest BCUT2D eigenvalue weighted by Gasteiger charge is -2.21. The van der Waals surface area contributed by atoms with E-state index in [1.165, 1.54) is 116 Å². The Kier molecular flexibility index (Phi) is 39.2. The molecule has 0 rings (SSSR count). The average molecular weight is 776 g/mol. The molecule has 2 unspecified atom stereocenters. The minimum Gasteiger partial charge on any atom is -0.387 e. The highest BCUT2D eigenvalue weighted by Crippen LogP contribution is 2.15. The van der Waals surface area contributed by atoms with E-state index in [0.29, 0.717) is 0 Å². The fourth-order valence-electron chi connectivity index (χ4n) is 6.62. The lowest BCUT2D eigenvalue weighted by Crippen LogP contribution is -2.46. The van der Waals surface area contributed by atoms with E-state index >= 15 is 0 Å². The van der Waals surface area contributed by atoms with E-state index in [4.69, 9.17) is 0 Å². The molecule has 54 heavy (non-hydrogen) atoms. The number of carbonyl (C=O) groups excluding carboxylic acids is 1. The Labute approximate surface area is 334 Å². The minimum atomic E-state index is -4.35. The fraction of sp³-hybridized carbons (Fsp3) is 0.766. The third kappa shape index (κ3) is 41.2. The van der Waals surface area contributed by atoms with Crippen LogP contribution in [0.3, 0.4) is 0 Å². The zero-order valence-electron chi connectivity index (χ0n) is 35.1. The molecule has 0 aromatic carbocycles. The Morgan fingerprint density at radius 2 is 0.889 bits per heavy atom. The number of carbonyl (C=O) groups is 1. The van der Waals surface area contributed by atoms with Crippen molar-refractivity contribution in [1.82, 2.24) is 5.32 Å². The minimum absolute atomic E-state index is 0.284. The zero-order chi connectivity index (χ0) is 39.6. The van der Waals surface area contributed by atoms with Crippen LogP contribution < -0.4 is 5.32 Å². The Morgan fingerprint density at radius 3 is 1.31 bits per heavy atom. The second kappa shape index (κ2) is 40.7. The Bertz CT molecular complexity index is 1080. The summed E-state index contributed by atoms with van der Waals surface area (Å²) in [7, 11) is -4.35. The van der Waals surface area contributed by atoms with Crippen molar-refractivity contribution in [3.05, 3.63) is 60.8 Å². The van der Waals surface area contributed by atoms with Crippen molar-refractivity contribution in [3.8, 4) is 0 Å². The van der Waals surface area contributed by atoms with Gasteiger partial charge in [0.2, 0.25) is 5.91 Å². The number of aliphatic hydroxyl groups excluding tert-OH is 1. The number of rotatable bonds is 40. The topological polar surface area (TPSA) is 104 Å². The second-order valence-corrected chi connectivity index (χ2v) is 16.8. The zero-order valence-corrected chi connectivity index (χ0v) is 35.9. The molecule has 0 aromatic rings. The van der Waals surface area contributed by atoms with E-state index in [0.717, 1.165) is 77.0 Å². The summed E-state index contributed by atoms with van der Waals surface area (Å²) in [4.78, 5) is 12.6. The number of amides is 1. The van der Waals surface area contributed by atoms with Crippen molar-refractivity contribution in [1.29, 1.82) is 0 Å². The van der Waals surface area contributed by atoms with Crippen molar-refractivity contribution in [3.63, 3.8) is 0 Å². The summed E-state index contributed by atoms with van der Waals surface area (Å²) in [5, 5.41) is 13.3. The highest BCUT2D eigenvalue weighted by molar-refractivity contribution is 7.85. The highest BCUT2D eigenvalue weighted by Gasteiger charge is 2.24. The molecular formula is C47H85NO5S. The van der Waals surface area contributed by atoms with Gasteiger partial charge in [-0.2, -0.15) is 8.42 Å². The maximum Gasteiger partial charge on any atom is 0.267 e. The molecule has 0 aliphatic heterocycles. The Morgan fingerprint density at radius 1 is 0.519 bits per heavy atom. The fourth-order valence-corrected chi connectivity index (χ4v) is 7.35. The Balaban J connectivity index is 3.87. The van der Waals surface area contributed by atoms with Gasteiger partial charge in [0.05, 0.1) is 17.9 Å². The summed E-state index contributed by atoms with van der Waals surface area (Å²) in [6, 6.07) is -1.06. The number of hydrogen-bond donors (Lipinski definition) is 3. The monoisotopic (exact) mass is 776 g/mol. The normalized spacial score (nSPS) is 13.8. The smallest absolute Gasteiger partial charge is 0.267 e. The molecule has 0 fully saturated rings. The molecule has 0 saturated heterocycles. The van der Waals surface area contributed by atoms with Crippen LogP contribution in [0.2, 0.25) is 0 Å². The van der Waals surface area contributed by atoms with Gasteiger partial charge in [0.1, 0.15) is 0 Å². The van der Waals surface area contributed by atoms with Crippen LogP contribution in [0, 0.1) is 0 Å². The predicted octanol–water partition coefficient (Wildman–Crippen LogP) is 13.6. The summed E-state index contributed by atoms with van der Waals surface area (Å²) >= 11 is 0. The first-order valence-electron chi connectivity index (χ1n) is 22.5. The highest BCUT2D eigenvalue weighted by atomic mass is 32.2. The van der Waals surface area contributed by atoms with Gasteiger partial charge in [0, 0.05) is 6.42 Å². The molecule has 6 nitrogen and oxygen atoms in total. The molecule has 0 aliphatic rings. The van der Waals surface area contributed by atoms with Gasteiger partial charge in [-0.3, -0.25) is 9.35 Å². The number of unbranched alkanes of at least 4 members (excludes halogenated alkanes) is 24. The van der Waals surface area contributed by atoms with Crippen LogP contribution in [0.4, 0.5) is 0 Å². The predicted molar refractivity (Wildman–Crippen MR) is 235 cm³/mol. The standard InChI is InChI=1S/C47H85NO5S/c1-3-5-7-9-11-13-15-17-19-21-22-23-24-25-26-27-29-31-33-35-37-39-41-43-47(50)48-45(44-54(51,52)53)46(49)42-40-38-36-34-32-30-28-20-18-16-14-12-10-8-6-4-2/h5,7,11,13,17,19,22-23,40,42,45-46,49H,3-4,6,8-10,12,14-16,18,20-21,24-39,41,43-44H2,1-2H3,(H,48,50)(H,51,52,53)/b7-5-,13-11-,19-17-,23-22-,42-40+. The Hall–Kier alpha value is -1.96. The molecule has 1 amide bonds. The van der Waals surface area contributed by atoms with Crippen LogP contribution in [0.5, 0.6) is 0 Å². The number of allylic oxidation sites excluding steroid dienone is 9. The summed E-state index contributed by atoms with van der Waals surface area (Å²) in [6.07, 6.45) is 56.3. The van der Waals surface area contributed by atoms with Crippen LogP contribution >= 0.6 is 0 Å². The van der Waals surface area contributed by atoms with Gasteiger partial charge in [-0.25, -0.2) is 0 Å². The lowest BCUT2D eigenvalue weighted by atomic mass is 10.0. The van der Waals surface area contributed by atoms with E-state index in [1.807, 2.05) is 6.08 Å². The van der Waals surface area contributed by atoms with E-state index in [1.54, 1.807) is 6.08 Å². The maximum absolute atomic E-state index is 12.6. The lowest BCUT2D eigenvalue weighted by molar-refractivity contribution is -0.122. The van der Waals surface area contributed by atoms with Crippen LogP contribution in [-0.2, 0) is 14.9 Å². The number of hydrogen-bond acceptors (Lipinski definition) is 4. The van der Waals surface area contributed by atoms with E-state index in [9.17, 15) is 22.9 Å². The molecule has 0 heterocycles. The third-order valence-electron chi connectivity index (χ3n) is 9.95. The summed E-state index contributed by atoms with van der Waals surface area (Å²) < 4.78 is 32.6. The van der Waals surface area contributed by atoms with E-state index < -0.39 is 28.0 Å². The number of aliphatic hydroxyl groups is 1. The van der Waals surface area contributed by atoms with Crippen molar-refractivity contribution >= 4 is 16.0 Å². The molecule has 7 heteroatoms. The first kappa shape index (κ1) is 52.0. The van der Waals surface area contributed by atoms with Gasteiger partial charge in [-0.1, -0.05) is 209 Å². The van der Waals surface area contributed by atoms with Gasteiger partial charge in [-0.15, -0.1) is 0 Å². The molecule has 0 radical (unpaired) electrons. The van der Waals surface area contributed by atoms with Crippen LogP contribution in [0.15, 0.2) is 60.8 Å². The van der Waals surface area contributed by atoms with Crippen LogP contribution in [0.25, 0.3) is 0 Å². The molecule has 2 atom stereocenters. The molecule has 0 spiro atoms. The molecule has 0 aromatic heterocycles. The quantitative estimate of drug-likeness (QED) is 0.0327. The van der Waals surface area contributed by atoms with Crippen molar-refractivity contribution in [2.75, 3.05) is 5.75 Å². The largest absolute Gasteiger partial charge is 0.387 e. The average Bonchev–Trinajstić information content (AvgIpc) is 3.14. The van der Waals surface area contributed by atoms with E-state index in [-0.39, 0.29) is 12.3 Å². The summed E-state index contributed by atoms with van der Waals surface area (Å²) in [5.74, 6) is -0.985. The SMILES string of the molecule is CC/C=C\C/C=C\C/C=C\C/C=C\CCCCCCCCCCCCC(=O)NC(CS(=O)(=O)O)C(O)/C=C/CCCCCCCCCCCCCCCC. The molecule has 0 bridgehead atoms. The van der Waals surface area contributed by atoms with Crippen molar-refractivity contribution in [2.45, 2.75) is 225 Å².